The first-order chi connectivity index (χ1) is 17.0. The Kier molecular flexibility index (Phi) is 7.03. The topological polar surface area (TPSA) is 86.4 Å². The number of carbonyl (C=O) groups is 1. The van der Waals surface area contributed by atoms with E-state index in [1.165, 1.54) is 35.4 Å². The number of rotatable bonds is 6. The SMILES string of the molecule is Cc1ccc(S(=O)(=O)n2c(C(=O)/C(C#N)=C/N(C)C)cc3cc(C4CCN(C)CC4)c(F)cc32)cc1. The molecule has 7 nitrogen and oxygen atoms in total. The molecule has 0 amide bonds. The van der Waals surface area contributed by atoms with Gasteiger partial charge < -0.3 is 9.80 Å². The number of allylic oxidation sites excluding steroid dienone is 1. The van der Waals surface area contributed by atoms with Gasteiger partial charge in [0.2, 0.25) is 5.78 Å². The maximum Gasteiger partial charge on any atom is 0.268 e. The second kappa shape index (κ2) is 9.88. The molecule has 0 atom stereocenters. The van der Waals surface area contributed by atoms with Crippen molar-refractivity contribution in [2.45, 2.75) is 30.6 Å². The third-order valence-electron chi connectivity index (χ3n) is 6.58. The Morgan fingerprint density at radius 3 is 2.36 bits per heavy atom. The molecule has 2 aromatic carbocycles. The summed E-state index contributed by atoms with van der Waals surface area (Å²) in [7, 11) is 1.07. The number of likely N-dealkylation sites (tertiary alicyclic amines) is 1. The molecule has 0 unspecified atom stereocenters. The van der Waals surface area contributed by atoms with Gasteiger partial charge >= 0.3 is 0 Å². The third kappa shape index (κ3) is 4.79. The number of benzene rings is 2. The highest BCUT2D eigenvalue weighted by Gasteiger charge is 2.30. The Hall–Kier alpha value is -3.48. The number of hydrogen-bond acceptors (Lipinski definition) is 6. The third-order valence-corrected chi connectivity index (χ3v) is 8.32. The monoisotopic (exact) mass is 508 g/mol. The van der Waals surface area contributed by atoms with Crippen molar-refractivity contribution in [2.24, 2.45) is 0 Å². The van der Waals surface area contributed by atoms with Crippen LogP contribution in [0.25, 0.3) is 10.9 Å². The van der Waals surface area contributed by atoms with Crippen LogP contribution in [0.4, 0.5) is 4.39 Å². The lowest BCUT2D eigenvalue weighted by Gasteiger charge is -2.29. The van der Waals surface area contributed by atoms with Gasteiger partial charge in [-0.25, -0.2) is 16.8 Å². The van der Waals surface area contributed by atoms with E-state index in [-0.39, 0.29) is 27.6 Å². The summed E-state index contributed by atoms with van der Waals surface area (Å²) in [5.41, 5.74) is 1.02. The molecular weight excluding hydrogens is 479 g/mol. The Labute approximate surface area is 211 Å². The number of Topliss-reactive ketones (excluding diaryl/α,β-unsaturated/α-hetero) is 1. The number of ketones is 1. The lowest BCUT2D eigenvalue weighted by Crippen LogP contribution is -2.29. The fourth-order valence-corrected chi connectivity index (χ4v) is 6.13. The summed E-state index contributed by atoms with van der Waals surface area (Å²) in [6.07, 6.45) is 2.92. The van der Waals surface area contributed by atoms with E-state index in [0.29, 0.717) is 10.9 Å². The van der Waals surface area contributed by atoms with Crippen LogP contribution >= 0.6 is 0 Å². The molecule has 188 valence electrons. The highest BCUT2D eigenvalue weighted by atomic mass is 32.2. The van der Waals surface area contributed by atoms with Crippen LogP contribution in [-0.2, 0) is 10.0 Å². The normalized spacial score (nSPS) is 15.7. The van der Waals surface area contributed by atoms with Gasteiger partial charge in [0.1, 0.15) is 23.2 Å². The lowest BCUT2D eigenvalue weighted by molar-refractivity contribution is 0.103. The summed E-state index contributed by atoms with van der Waals surface area (Å²) < 4.78 is 43.9. The van der Waals surface area contributed by atoms with Crippen LogP contribution in [0.1, 0.15) is 40.4 Å². The van der Waals surface area contributed by atoms with E-state index in [4.69, 9.17) is 0 Å². The van der Waals surface area contributed by atoms with Gasteiger partial charge in [-0.2, -0.15) is 5.26 Å². The maximum atomic E-state index is 15.5. The molecule has 1 aliphatic rings. The van der Waals surface area contributed by atoms with Crippen LogP contribution in [0.15, 0.2) is 59.1 Å². The van der Waals surface area contributed by atoms with E-state index in [2.05, 4.69) is 4.90 Å². The van der Waals surface area contributed by atoms with Crippen LogP contribution in [0.3, 0.4) is 0 Å². The number of aryl methyl sites for hydroxylation is 1. The van der Waals surface area contributed by atoms with Gasteiger partial charge in [-0.1, -0.05) is 17.7 Å². The summed E-state index contributed by atoms with van der Waals surface area (Å²) in [6, 6.07) is 12.4. The van der Waals surface area contributed by atoms with Gasteiger partial charge in [0, 0.05) is 25.7 Å². The van der Waals surface area contributed by atoms with E-state index in [0.717, 1.165) is 35.5 Å². The molecule has 0 bridgehead atoms. The van der Waals surface area contributed by atoms with Crippen LogP contribution in [-0.4, -0.2) is 62.2 Å². The van der Waals surface area contributed by atoms with Crippen molar-refractivity contribution in [3.8, 4) is 6.07 Å². The molecule has 36 heavy (non-hydrogen) atoms. The molecule has 4 rings (SSSR count). The van der Waals surface area contributed by atoms with Gasteiger partial charge in [-0.3, -0.25) is 4.79 Å². The first-order valence-corrected chi connectivity index (χ1v) is 13.2. The van der Waals surface area contributed by atoms with E-state index >= 15 is 4.39 Å². The van der Waals surface area contributed by atoms with Crippen molar-refractivity contribution in [1.82, 2.24) is 13.8 Å². The predicted octanol–water partition coefficient (Wildman–Crippen LogP) is 4.29. The molecule has 1 aliphatic heterocycles. The first-order valence-electron chi connectivity index (χ1n) is 11.7. The minimum Gasteiger partial charge on any atom is -0.382 e. The first kappa shape index (κ1) is 25.6. The molecule has 2 heterocycles. The molecule has 1 fully saturated rings. The van der Waals surface area contributed by atoms with Crippen molar-refractivity contribution < 1.29 is 17.6 Å². The number of nitrogens with zero attached hydrogens (tertiary/aromatic N) is 4. The van der Waals surface area contributed by atoms with Gasteiger partial charge in [0.05, 0.1) is 10.4 Å². The Balaban J connectivity index is 1.96. The van der Waals surface area contributed by atoms with Crippen LogP contribution in [0.5, 0.6) is 0 Å². The molecule has 0 radical (unpaired) electrons. The standard InChI is InChI=1S/C27H29FN4O3S/c1-18-5-7-22(8-6-18)36(34,35)32-25-15-24(28)23(19-9-11-31(4)12-10-19)13-20(25)14-26(32)27(33)21(16-29)17-30(2)3/h5-8,13-15,17,19H,9-12H2,1-4H3/b21-17+. The van der Waals surface area contributed by atoms with Crippen molar-refractivity contribution in [2.75, 3.05) is 34.2 Å². The Bertz CT molecular complexity index is 1490. The second-order valence-electron chi connectivity index (χ2n) is 9.57. The molecule has 0 spiro atoms. The summed E-state index contributed by atoms with van der Waals surface area (Å²) in [6.45, 7) is 3.52. The number of carbonyl (C=O) groups excluding carboxylic acids is 1. The van der Waals surface area contributed by atoms with Crippen molar-refractivity contribution in [3.05, 3.63) is 76.9 Å². The fourth-order valence-electron chi connectivity index (χ4n) is 4.62. The Morgan fingerprint density at radius 1 is 1.14 bits per heavy atom. The number of nitriles is 1. The van der Waals surface area contributed by atoms with E-state index in [1.54, 1.807) is 32.3 Å². The molecule has 1 saturated heterocycles. The molecule has 3 aromatic rings. The highest BCUT2D eigenvalue weighted by molar-refractivity contribution is 7.90. The number of piperidine rings is 1. The number of hydrogen-bond donors (Lipinski definition) is 0. The molecule has 1 aromatic heterocycles. The summed E-state index contributed by atoms with van der Waals surface area (Å²) >= 11 is 0. The van der Waals surface area contributed by atoms with E-state index in [9.17, 15) is 18.5 Å². The van der Waals surface area contributed by atoms with E-state index < -0.39 is 21.6 Å². The van der Waals surface area contributed by atoms with Crippen molar-refractivity contribution in [3.63, 3.8) is 0 Å². The molecule has 0 saturated carbocycles. The minimum atomic E-state index is -4.27. The minimum absolute atomic E-state index is 0.00473. The quantitative estimate of drug-likeness (QED) is 0.281. The van der Waals surface area contributed by atoms with Crippen LogP contribution in [0, 0.1) is 24.1 Å². The number of halogens is 1. The largest absolute Gasteiger partial charge is 0.382 e. The highest BCUT2D eigenvalue weighted by Crippen LogP contribution is 2.35. The molecule has 0 aliphatic carbocycles. The number of fused-ring (bicyclic) bond motifs is 1. The van der Waals surface area contributed by atoms with Crippen molar-refractivity contribution >= 4 is 26.7 Å². The van der Waals surface area contributed by atoms with E-state index in [1.807, 2.05) is 20.0 Å². The average Bonchev–Trinajstić information content (AvgIpc) is 3.21. The number of aromatic nitrogens is 1. The van der Waals surface area contributed by atoms with Crippen LogP contribution in [0.2, 0.25) is 0 Å². The van der Waals surface area contributed by atoms with Gasteiger partial charge in [0.15, 0.2) is 0 Å². The zero-order valence-electron chi connectivity index (χ0n) is 20.8. The molecule has 0 N–H and O–H groups in total. The molecule has 9 heteroatoms. The predicted molar refractivity (Wildman–Crippen MR) is 137 cm³/mol. The zero-order chi connectivity index (χ0) is 26.2. The maximum absolute atomic E-state index is 15.5. The average molecular weight is 509 g/mol. The molecular formula is C27H29FN4O3S. The van der Waals surface area contributed by atoms with Crippen molar-refractivity contribution in [1.29, 1.82) is 5.26 Å². The fraction of sp³-hybridized carbons (Fsp3) is 0.333. The smallest absolute Gasteiger partial charge is 0.268 e. The van der Waals surface area contributed by atoms with Crippen LogP contribution < -0.4 is 0 Å². The second-order valence-corrected chi connectivity index (χ2v) is 11.4. The van der Waals surface area contributed by atoms with Gasteiger partial charge in [-0.05, 0) is 81.7 Å². The van der Waals surface area contributed by atoms with Gasteiger partial charge in [-0.15, -0.1) is 0 Å². The summed E-state index contributed by atoms with van der Waals surface area (Å²) in [4.78, 5) is 17.1. The summed E-state index contributed by atoms with van der Waals surface area (Å²) in [5, 5.41) is 10.1. The zero-order valence-corrected chi connectivity index (χ0v) is 21.6. The summed E-state index contributed by atoms with van der Waals surface area (Å²) in [5.74, 6) is -1.25. The Morgan fingerprint density at radius 2 is 1.78 bits per heavy atom. The van der Waals surface area contributed by atoms with Gasteiger partial charge in [0.25, 0.3) is 10.0 Å². The lowest BCUT2D eigenvalue weighted by atomic mass is 9.88.